The van der Waals surface area contributed by atoms with Gasteiger partial charge in [-0.2, -0.15) is 0 Å². The Labute approximate surface area is 273 Å². The molecule has 1 aliphatic rings. The Balaban J connectivity index is 1.97. The monoisotopic (exact) mass is 603 g/mol. The highest BCUT2D eigenvalue weighted by molar-refractivity contribution is 4.98. The van der Waals surface area contributed by atoms with Crippen LogP contribution < -0.4 is 0 Å². The van der Waals surface area contributed by atoms with E-state index in [0.717, 1.165) is 0 Å². The smallest absolute Gasteiger partial charge is 0.101 e. The molecule has 43 heavy (non-hydrogen) atoms. The predicted octanol–water partition coefficient (Wildman–Crippen LogP) is 14.3. The largest absolute Gasteiger partial charge is 0.356 e. The van der Waals surface area contributed by atoms with Crippen molar-refractivity contribution in [3.8, 4) is 0 Å². The zero-order valence-electron chi connectivity index (χ0n) is 30.5. The third-order valence-electron chi connectivity index (χ3n) is 10.1. The van der Waals surface area contributed by atoms with Gasteiger partial charge in [0.05, 0.1) is 0 Å². The number of rotatable bonds is 34. The summed E-state index contributed by atoms with van der Waals surface area (Å²) in [5.41, 5.74) is 0. The van der Waals surface area contributed by atoms with Crippen LogP contribution in [0.5, 0.6) is 0 Å². The van der Waals surface area contributed by atoms with Crippen LogP contribution >= 0.6 is 0 Å². The molecule has 0 N–H and O–H groups in total. The first-order valence-corrected chi connectivity index (χ1v) is 20.4. The van der Waals surface area contributed by atoms with Crippen LogP contribution in [0.15, 0.2) is 12.4 Å². The summed E-state index contributed by atoms with van der Waals surface area (Å²) in [4.78, 5) is 5.30. The van der Waals surface area contributed by atoms with Crippen molar-refractivity contribution in [2.75, 3.05) is 6.54 Å². The number of nitrogens with zero attached hydrogens (tertiary/aromatic N) is 2. The van der Waals surface area contributed by atoms with Gasteiger partial charge in [0.25, 0.3) is 0 Å². The minimum absolute atomic E-state index is 0.605. The molecule has 0 aliphatic carbocycles. The second-order valence-corrected chi connectivity index (χ2v) is 14.6. The summed E-state index contributed by atoms with van der Waals surface area (Å²) in [6.07, 6.45) is 51.7. The molecule has 0 bridgehead atoms. The van der Waals surface area contributed by atoms with E-state index in [4.69, 9.17) is 0 Å². The van der Waals surface area contributed by atoms with Crippen molar-refractivity contribution in [1.82, 2.24) is 9.80 Å². The van der Waals surface area contributed by atoms with Gasteiger partial charge in [0.2, 0.25) is 0 Å². The Bertz CT molecular complexity index is 570. The maximum atomic E-state index is 2.67. The zero-order valence-corrected chi connectivity index (χ0v) is 30.5. The fourth-order valence-electron chi connectivity index (χ4n) is 7.13. The summed E-state index contributed by atoms with van der Waals surface area (Å²) in [6.45, 7) is 10.6. The minimum Gasteiger partial charge on any atom is -0.356 e. The lowest BCUT2D eigenvalue weighted by Crippen LogP contribution is -2.42. The van der Waals surface area contributed by atoms with E-state index >= 15 is 0 Å². The molecule has 0 saturated heterocycles. The quantitative estimate of drug-likeness (QED) is 0.0676. The van der Waals surface area contributed by atoms with Crippen LogP contribution in [0, 0.1) is 0 Å². The van der Waals surface area contributed by atoms with Crippen molar-refractivity contribution in [2.45, 2.75) is 245 Å². The van der Waals surface area contributed by atoms with E-state index in [0.29, 0.717) is 12.2 Å². The Morgan fingerprint density at radius 1 is 0.395 bits per heavy atom. The first-order chi connectivity index (χ1) is 21.2. The molecule has 0 aromatic rings. The van der Waals surface area contributed by atoms with Crippen molar-refractivity contribution < 1.29 is 0 Å². The van der Waals surface area contributed by atoms with E-state index in [2.05, 4.69) is 49.9 Å². The second kappa shape index (κ2) is 31.3. The number of unbranched alkanes of at least 4 members (excludes halogenated alkanes) is 29. The fourth-order valence-corrected chi connectivity index (χ4v) is 7.13. The second-order valence-electron chi connectivity index (χ2n) is 14.6. The van der Waals surface area contributed by atoms with Crippen LogP contribution in [0.1, 0.15) is 233 Å². The SMILES string of the molecule is CCCCCCCCCCCCCCCCCCC1N(CCCCCCCCCCCCCCCCC)C=CN1C(C)C. The van der Waals surface area contributed by atoms with Gasteiger partial charge in [-0.1, -0.05) is 200 Å². The molecule has 0 amide bonds. The Morgan fingerprint density at radius 2 is 0.698 bits per heavy atom. The third kappa shape index (κ3) is 24.3. The fraction of sp³-hybridized carbons (Fsp3) is 0.951. The van der Waals surface area contributed by atoms with E-state index < -0.39 is 0 Å². The van der Waals surface area contributed by atoms with Gasteiger partial charge in [-0.05, 0) is 33.1 Å². The average molecular weight is 603 g/mol. The summed E-state index contributed by atoms with van der Waals surface area (Å²) in [7, 11) is 0. The molecule has 1 heterocycles. The van der Waals surface area contributed by atoms with Gasteiger partial charge in [0.1, 0.15) is 6.17 Å². The molecular weight excluding hydrogens is 520 g/mol. The van der Waals surface area contributed by atoms with Gasteiger partial charge in [0.15, 0.2) is 0 Å². The topological polar surface area (TPSA) is 6.48 Å². The van der Waals surface area contributed by atoms with Crippen molar-refractivity contribution in [3.63, 3.8) is 0 Å². The van der Waals surface area contributed by atoms with Gasteiger partial charge in [-0.3, -0.25) is 0 Å². The van der Waals surface area contributed by atoms with Gasteiger partial charge >= 0.3 is 0 Å². The highest BCUT2D eigenvalue weighted by Gasteiger charge is 2.26. The van der Waals surface area contributed by atoms with Gasteiger partial charge in [0, 0.05) is 25.0 Å². The van der Waals surface area contributed by atoms with Gasteiger partial charge < -0.3 is 9.80 Å². The molecule has 0 fully saturated rings. The van der Waals surface area contributed by atoms with Crippen LogP contribution in [-0.4, -0.2) is 28.6 Å². The molecule has 1 rings (SSSR count). The van der Waals surface area contributed by atoms with Crippen LogP contribution in [0.2, 0.25) is 0 Å². The molecule has 1 unspecified atom stereocenters. The maximum Gasteiger partial charge on any atom is 0.101 e. The summed E-state index contributed by atoms with van der Waals surface area (Å²) < 4.78 is 0. The summed E-state index contributed by atoms with van der Waals surface area (Å²) in [5, 5.41) is 0. The molecule has 2 nitrogen and oxygen atoms in total. The van der Waals surface area contributed by atoms with E-state index in [1.54, 1.807) is 0 Å². The van der Waals surface area contributed by atoms with E-state index in [-0.39, 0.29) is 0 Å². The Kier molecular flexibility index (Phi) is 29.4. The molecule has 1 atom stereocenters. The number of hydrogen-bond donors (Lipinski definition) is 0. The van der Waals surface area contributed by atoms with Crippen molar-refractivity contribution in [1.29, 1.82) is 0 Å². The van der Waals surface area contributed by atoms with Crippen LogP contribution in [0.4, 0.5) is 0 Å². The third-order valence-corrected chi connectivity index (χ3v) is 10.1. The normalized spacial score (nSPS) is 15.0. The lowest BCUT2D eigenvalue weighted by molar-refractivity contribution is 0.114. The zero-order chi connectivity index (χ0) is 31.1. The predicted molar refractivity (Wildman–Crippen MR) is 196 cm³/mol. The molecular formula is C41H82N2. The van der Waals surface area contributed by atoms with Gasteiger partial charge in [-0.25, -0.2) is 0 Å². The van der Waals surface area contributed by atoms with Crippen molar-refractivity contribution in [2.24, 2.45) is 0 Å². The maximum absolute atomic E-state index is 2.67. The van der Waals surface area contributed by atoms with Crippen LogP contribution in [0.25, 0.3) is 0 Å². The lowest BCUT2D eigenvalue weighted by atomic mass is 10.0. The van der Waals surface area contributed by atoms with Crippen molar-refractivity contribution in [3.05, 3.63) is 12.4 Å². The molecule has 0 aromatic heterocycles. The van der Waals surface area contributed by atoms with Crippen molar-refractivity contribution >= 4 is 0 Å². The standard InChI is InChI=1S/C41H82N2/c1-5-7-9-11-13-15-17-19-21-22-24-26-28-30-32-34-36-41-42(38-39-43(41)40(3)4)37-35-33-31-29-27-25-23-20-18-16-14-12-10-8-6-2/h38-41H,5-37H2,1-4H3. The molecule has 0 saturated carbocycles. The average Bonchev–Trinajstić information content (AvgIpc) is 3.41. The van der Waals surface area contributed by atoms with Crippen LogP contribution in [0.3, 0.4) is 0 Å². The van der Waals surface area contributed by atoms with Crippen LogP contribution in [-0.2, 0) is 0 Å². The summed E-state index contributed by atoms with van der Waals surface area (Å²) in [6, 6.07) is 0.605. The first-order valence-electron chi connectivity index (χ1n) is 20.4. The highest BCUT2D eigenvalue weighted by Crippen LogP contribution is 2.25. The first kappa shape index (κ1) is 40.4. The number of hydrogen-bond acceptors (Lipinski definition) is 2. The summed E-state index contributed by atoms with van der Waals surface area (Å²) >= 11 is 0. The molecule has 1 aliphatic heterocycles. The van der Waals surface area contributed by atoms with Gasteiger partial charge in [-0.15, -0.1) is 0 Å². The minimum atomic E-state index is 0.605. The molecule has 0 spiro atoms. The molecule has 2 heteroatoms. The molecule has 0 aromatic carbocycles. The van der Waals surface area contributed by atoms with E-state index in [1.807, 2.05) is 0 Å². The molecule has 256 valence electrons. The van der Waals surface area contributed by atoms with E-state index in [1.165, 1.54) is 212 Å². The lowest BCUT2D eigenvalue weighted by Gasteiger charge is -2.35. The van der Waals surface area contributed by atoms with E-state index in [9.17, 15) is 0 Å². The summed E-state index contributed by atoms with van der Waals surface area (Å²) in [5.74, 6) is 0. The Hall–Kier alpha value is -0.660. The highest BCUT2D eigenvalue weighted by atomic mass is 15.4. The molecule has 0 radical (unpaired) electrons. The Morgan fingerprint density at radius 3 is 1.02 bits per heavy atom.